The Bertz CT molecular complexity index is 198. The molecule has 0 saturated carbocycles. The summed E-state index contributed by atoms with van der Waals surface area (Å²) in [6.07, 6.45) is 3.23. The van der Waals surface area contributed by atoms with Crippen molar-refractivity contribution in [1.82, 2.24) is 9.97 Å². The van der Waals surface area contributed by atoms with Gasteiger partial charge in [-0.3, -0.25) is 4.98 Å². The minimum absolute atomic E-state index is 0.593. The molecule has 0 aromatic carbocycles. The zero-order chi connectivity index (χ0) is 6.69. The molecular weight excluding hydrogens is 116 g/mol. The highest BCUT2D eigenvalue weighted by atomic mass is 15.3. The molecule has 0 atom stereocenters. The number of anilines is 1. The van der Waals surface area contributed by atoms with Gasteiger partial charge in [-0.25, -0.2) is 10.8 Å². The first kappa shape index (κ1) is 5.97. The molecule has 1 aromatic heterocycles. The van der Waals surface area contributed by atoms with E-state index in [1.54, 1.807) is 12.4 Å². The predicted molar refractivity (Wildman–Crippen MR) is 34.6 cm³/mol. The van der Waals surface area contributed by atoms with Gasteiger partial charge in [0.05, 0.1) is 11.9 Å². The van der Waals surface area contributed by atoms with Crippen LogP contribution < -0.4 is 11.3 Å². The lowest BCUT2D eigenvalue weighted by atomic mass is 10.5. The van der Waals surface area contributed by atoms with Gasteiger partial charge in [-0.15, -0.1) is 0 Å². The van der Waals surface area contributed by atoms with E-state index >= 15 is 0 Å². The van der Waals surface area contributed by atoms with Gasteiger partial charge in [0.1, 0.15) is 0 Å². The molecule has 0 aliphatic rings. The summed E-state index contributed by atoms with van der Waals surface area (Å²) in [6, 6.07) is 0. The lowest BCUT2D eigenvalue weighted by molar-refractivity contribution is 1.09. The Labute approximate surface area is 53.1 Å². The van der Waals surface area contributed by atoms with E-state index in [2.05, 4.69) is 15.4 Å². The number of nitrogens with zero attached hydrogens (tertiary/aromatic N) is 2. The molecule has 48 valence electrons. The van der Waals surface area contributed by atoms with E-state index < -0.39 is 0 Å². The minimum atomic E-state index is 0.593. The number of aryl methyl sites for hydroxylation is 1. The smallest absolute Gasteiger partial charge is 0.158 e. The first-order valence-corrected chi connectivity index (χ1v) is 2.58. The van der Waals surface area contributed by atoms with Gasteiger partial charge in [0, 0.05) is 6.20 Å². The number of hydrogen-bond donors (Lipinski definition) is 2. The van der Waals surface area contributed by atoms with Crippen molar-refractivity contribution in [2.24, 2.45) is 5.84 Å². The molecule has 0 aliphatic carbocycles. The number of nitrogen functional groups attached to an aromatic ring is 1. The Kier molecular flexibility index (Phi) is 1.60. The van der Waals surface area contributed by atoms with Gasteiger partial charge in [0.2, 0.25) is 0 Å². The number of aromatic nitrogens is 2. The minimum Gasteiger partial charge on any atom is -0.307 e. The average Bonchev–Trinajstić information content (AvgIpc) is 1.88. The molecule has 0 aliphatic heterocycles. The third-order valence-electron chi connectivity index (χ3n) is 0.903. The quantitative estimate of drug-likeness (QED) is 0.411. The number of nitrogens with two attached hydrogens (primary N) is 1. The van der Waals surface area contributed by atoms with Crippen LogP contribution in [-0.2, 0) is 0 Å². The van der Waals surface area contributed by atoms with Crippen molar-refractivity contribution in [3.8, 4) is 0 Å². The van der Waals surface area contributed by atoms with Crippen LogP contribution in [0.3, 0.4) is 0 Å². The molecular formula is C5H8N4. The maximum absolute atomic E-state index is 5.07. The highest BCUT2D eigenvalue weighted by Crippen LogP contribution is 1.96. The summed E-state index contributed by atoms with van der Waals surface area (Å²) in [5.74, 6) is 5.66. The summed E-state index contributed by atoms with van der Waals surface area (Å²) >= 11 is 0. The van der Waals surface area contributed by atoms with Crippen molar-refractivity contribution in [3.05, 3.63) is 18.1 Å². The van der Waals surface area contributed by atoms with E-state index in [-0.39, 0.29) is 0 Å². The van der Waals surface area contributed by atoms with Crippen molar-refractivity contribution >= 4 is 5.82 Å². The number of hydrazine groups is 1. The normalized spacial score (nSPS) is 9.11. The molecule has 3 N–H and O–H groups in total. The van der Waals surface area contributed by atoms with Gasteiger partial charge in [-0.05, 0) is 6.92 Å². The molecule has 4 heteroatoms. The van der Waals surface area contributed by atoms with Crippen LogP contribution in [0.5, 0.6) is 0 Å². The van der Waals surface area contributed by atoms with Crippen molar-refractivity contribution < 1.29 is 0 Å². The summed E-state index contributed by atoms with van der Waals surface area (Å²) in [7, 11) is 0. The topological polar surface area (TPSA) is 63.8 Å². The Hall–Kier alpha value is -1.16. The van der Waals surface area contributed by atoms with Crippen molar-refractivity contribution in [1.29, 1.82) is 0 Å². The SMILES string of the molecule is Cc1cncc(NN)n1. The van der Waals surface area contributed by atoms with Crippen LogP contribution in [0, 0.1) is 6.92 Å². The highest BCUT2D eigenvalue weighted by molar-refractivity contribution is 5.28. The summed E-state index contributed by atoms with van der Waals surface area (Å²) in [5.41, 5.74) is 3.25. The lowest BCUT2D eigenvalue weighted by Gasteiger charge is -1.96. The standard InChI is InChI=1S/C5H8N4/c1-4-2-7-3-5(8-4)9-6/h2-3H,6H2,1H3,(H,8,9). The van der Waals surface area contributed by atoms with Crippen molar-refractivity contribution in [3.63, 3.8) is 0 Å². The Morgan fingerprint density at radius 2 is 2.33 bits per heavy atom. The predicted octanol–water partition coefficient (Wildman–Crippen LogP) is 0.0706. The molecule has 0 spiro atoms. The van der Waals surface area contributed by atoms with Gasteiger partial charge in [-0.2, -0.15) is 0 Å². The van der Waals surface area contributed by atoms with E-state index in [9.17, 15) is 0 Å². The first-order valence-electron chi connectivity index (χ1n) is 2.58. The fourth-order valence-corrected chi connectivity index (χ4v) is 0.533. The van der Waals surface area contributed by atoms with Gasteiger partial charge in [0.25, 0.3) is 0 Å². The number of nitrogens with one attached hydrogen (secondary N) is 1. The second-order valence-corrected chi connectivity index (χ2v) is 1.69. The fourth-order valence-electron chi connectivity index (χ4n) is 0.533. The lowest BCUT2D eigenvalue weighted by Crippen LogP contribution is -2.08. The number of rotatable bonds is 1. The fraction of sp³-hybridized carbons (Fsp3) is 0.200. The molecule has 0 bridgehead atoms. The van der Waals surface area contributed by atoms with Crippen LogP contribution in [0.2, 0.25) is 0 Å². The third kappa shape index (κ3) is 1.36. The number of hydrogen-bond acceptors (Lipinski definition) is 4. The van der Waals surface area contributed by atoms with Crippen molar-refractivity contribution in [2.75, 3.05) is 5.43 Å². The molecule has 0 saturated heterocycles. The maximum Gasteiger partial charge on any atom is 0.158 e. The third-order valence-corrected chi connectivity index (χ3v) is 0.903. The van der Waals surface area contributed by atoms with E-state index in [0.717, 1.165) is 5.69 Å². The van der Waals surface area contributed by atoms with Gasteiger partial charge in [0.15, 0.2) is 5.82 Å². The van der Waals surface area contributed by atoms with E-state index in [1.165, 1.54) is 0 Å². The Balaban J connectivity index is 2.94. The van der Waals surface area contributed by atoms with Crippen molar-refractivity contribution in [2.45, 2.75) is 6.92 Å². The second-order valence-electron chi connectivity index (χ2n) is 1.69. The van der Waals surface area contributed by atoms with Crippen LogP contribution >= 0.6 is 0 Å². The monoisotopic (exact) mass is 124 g/mol. The first-order chi connectivity index (χ1) is 4.33. The molecule has 9 heavy (non-hydrogen) atoms. The largest absolute Gasteiger partial charge is 0.307 e. The second kappa shape index (κ2) is 2.41. The molecule has 0 amide bonds. The van der Waals surface area contributed by atoms with Gasteiger partial charge in [-0.1, -0.05) is 0 Å². The van der Waals surface area contributed by atoms with E-state index in [1.807, 2.05) is 6.92 Å². The van der Waals surface area contributed by atoms with E-state index in [0.29, 0.717) is 5.82 Å². The Morgan fingerprint density at radius 1 is 1.56 bits per heavy atom. The van der Waals surface area contributed by atoms with Crippen LogP contribution in [0.25, 0.3) is 0 Å². The van der Waals surface area contributed by atoms with Crippen LogP contribution in [0.1, 0.15) is 5.69 Å². The average molecular weight is 124 g/mol. The van der Waals surface area contributed by atoms with Gasteiger partial charge >= 0.3 is 0 Å². The summed E-state index contributed by atoms with van der Waals surface area (Å²) in [5, 5.41) is 0. The molecule has 4 nitrogen and oxygen atoms in total. The van der Waals surface area contributed by atoms with Crippen LogP contribution in [0.15, 0.2) is 12.4 Å². The van der Waals surface area contributed by atoms with Gasteiger partial charge < -0.3 is 5.43 Å². The summed E-state index contributed by atoms with van der Waals surface area (Å²) in [4.78, 5) is 7.84. The van der Waals surface area contributed by atoms with Crippen LogP contribution in [-0.4, -0.2) is 9.97 Å². The zero-order valence-electron chi connectivity index (χ0n) is 5.13. The van der Waals surface area contributed by atoms with Crippen LogP contribution in [0.4, 0.5) is 5.82 Å². The molecule has 1 heterocycles. The zero-order valence-corrected chi connectivity index (χ0v) is 5.13. The molecule has 0 fully saturated rings. The molecule has 1 aromatic rings. The van der Waals surface area contributed by atoms with E-state index in [4.69, 9.17) is 5.84 Å². The Morgan fingerprint density at radius 3 is 2.78 bits per heavy atom. The molecule has 0 unspecified atom stereocenters. The summed E-state index contributed by atoms with van der Waals surface area (Å²) < 4.78 is 0. The molecule has 1 rings (SSSR count). The maximum atomic E-state index is 5.07. The summed E-state index contributed by atoms with van der Waals surface area (Å²) in [6.45, 7) is 1.86. The molecule has 0 radical (unpaired) electrons. The highest BCUT2D eigenvalue weighted by Gasteiger charge is 1.88.